The molecule has 0 atom stereocenters. The molecule has 0 N–H and O–H groups in total. The summed E-state index contributed by atoms with van der Waals surface area (Å²) in [6, 6.07) is 30.9. The highest BCUT2D eigenvalue weighted by Crippen LogP contribution is 2.34. The lowest BCUT2D eigenvalue weighted by molar-refractivity contribution is 0.590. The summed E-state index contributed by atoms with van der Waals surface area (Å²) in [6.07, 6.45) is 1.86. The first kappa shape index (κ1) is 22.0. The van der Waals surface area contributed by atoms with Gasteiger partial charge in [-0.3, -0.25) is 4.98 Å². The summed E-state index contributed by atoms with van der Waals surface area (Å²) in [5, 5.41) is 0. The smallest absolute Gasteiger partial charge is 0.0702 e. The van der Waals surface area contributed by atoms with Crippen molar-refractivity contribution >= 4 is 0 Å². The van der Waals surface area contributed by atoms with E-state index in [0.717, 1.165) is 11.3 Å². The average Bonchev–Trinajstić information content (AvgIpc) is 2.78. The Kier molecular flexibility index (Phi) is 5.77. The van der Waals surface area contributed by atoms with Crippen molar-refractivity contribution < 1.29 is 0 Å². The molecule has 162 valence electrons. The van der Waals surface area contributed by atoms with Gasteiger partial charge in [-0.2, -0.15) is 0 Å². The molecule has 0 saturated heterocycles. The summed E-state index contributed by atoms with van der Waals surface area (Å²) in [7, 11) is 0. The lowest BCUT2D eigenvalue weighted by Crippen LogP contribution is -2.10. The lowest BCUT2D eigenvalue weighted by atomic mass is 9.85. The molecule has 0 fully saturated rings. The van der Waals surface area contributed by atoms with Gasteiger partial charge in [-0.25, -0.2) is 0 Å². The van der Waals surface area contributed by atoms with Gasteiger partial charge in [0.25, 0.3) is 0 Å². The second kappa shape index (κ2) is 8.39. The van der Waals surface area contributed by atoms with Crippen LogP contribution in [0.4, 0.5) is 0 Å². The molecule has 0 unspecified atom stereocenters. The maximum absolute atomic E-state index is 4.61. The molecule has 0 aliphatic rings. The zero-order valence-corrected chi connectivity index (χ0v) is 20.1. The van der Waals surface area contributed by atoms with Crippen LogP contribution in [-0.2, 0) is 10.8 Å². The molecule has 0 radical (unpaired) electrons. The van der Waals surface area contributed by atoms with Gasteiger partial charge < -0.3 is 0 Å². The Bertz CT molecular complexity index is 1110. The third kappa shape index (κ3) is 4.83. The van der Waals surface area contributed by atoms with E-state index < -0.39 is 0 Å². The zero-order valence-electron chi connectivity index (χ0n) is 20.1. The Balaban J connectivity index is 1.82. The van der Waals surface area contributed by atoms with E-state index in [4.69, 9.17) is 0 Å². The fraction of sp³-hybridized carbons (Fsp3) is 0.258. The van der Waals surface area contributed by atoms with E-state index in [0.29, 0.717) is 0 Å². The molecule has 3 aromatic carbocycles. The minimum absolute atomic E-state index is 0.147. The highest BCUT2D eigenvalue weighted by atomic mass is 14.7. The molecule has 0 aliphatic heterocycles. The molecule has 0 amide bonds. The summed E-state index contributed by atoms with van der Waals surface area (Å²) in [4.78, 5) is 4.61. The van der Waals surface area contributed by atoms with E-state index in [2.05, 4.69) is 119 Å². The monoisotopic (exact) mass is 419 g/mol. The van der Waals surface area contributed by atoms with Crippen LogP contribution in [0.5, 0.6) is 0 Å². The van der Waals surface area contributed by atoms with Gasteiger partial charge in [0.2, 0.25) is 0 Å². The van der Waals surface area contributed by atoms with Gasteiger partial charge in [-0.1, -0.05) is 96.1 Å². The molecule has 1 heterocycles. The van der Waals surface area contributed by atoms with Crippen molar-refractivity contribution in [3.8, 4) is 33.5 Å². The number of benzene rings is 3. The Labute approximate surface area is 193 Å². The molecule has 0 saturated carbocycles. The molecule has 4 aromatic rings. The highest BCUT2D eigenvalue weighted by molar-refractivity contribution is 5.80. The van der Waals surface area contributed by atoms with Crippen molar-refractivity contribution in [1.29, 1.82) is 0 Å². The van der Waals surface area contributed by atoms with E-state index in [1.807, 2.05) is 18.3 Å². The van der Waals surface area contributed by atoms with Crippen LogP contribution in [-0.4, -0.2) is 4.98 Å². The van der Waals surface area contributed by atoms with E-state index in [9.17, 15) is 0 Å². The Morgan fingerprint density at radius 1 is 0.469 bits per heavy atom. The van der Waals surface area contributed by atoms with Crippen molar-refractivity contribution in [3.63, 3.8) is 0 Å². The Morgan fingerprint density at radius 3 is 1.28 bits per heavy atom. The SMILES string of the molecule is CC(C)(C)c1ccc(-c2cc(-c3ccc(C(C)(C)C)cc3)cc(-c3ccccn3)c2)cc1. The minimum Gasteiger partial charge on any atom is -0.256 e. The summed E-state index contributed by atoms with van der Waals surface area (Å²) in [5.74, 6) is 0. The molecular formula is C31H33N. The number of hydrogen-bond donors (Lipinski definition) is 0. The predicted octanol–water partition coefficient (Wildman–Crippen LogP) is 8.68. The van der Waals surface area contributed by atoms with Crippen molar-refractivity contribution in [3.05, 3.63) is 102 Å². The molecule has 4 rings (SSSR count). The van der Waals surface area contributed by atoms with Crippen LogP contribution in [0, 0.1) is 0 Å². The second-order valence-electron chi connectivity index (χ2n) is 10.7. The highest BCUT2D eigenvalue weighted by Gasteiger charge is 2.15. The Morgan fingerprint density at radius 2 is 0.906 bits per heavy atom. The van der Waals surface area contributed by atoms with Gasteiger partial charge in [0.1, 0.15) is 0 Å². The maximum Gasteiger partial charge on any atom is 0.0702 e. The standard InChI is InChI=1S/C31H33N/c1-30(2,3)27-14-10-22(11-15-27)24-19-25(21-26(20-24)29-9-7-8-18-32-29)23-12-16-28(17-13-23)31(4,5)6/h7-21H,1-6H3. The van der Waals surface area contributed by atoms with Crippen LogP contribution in [0.2, 0.25) is 0 Å². The number of aromatic nitrogens is 1. The van der Waals surface area contributed by atoms with Gasteiger partial charge in [-0.05, 0) is 74.5 Å². The fourth-order valence-corrected chi connectivity index (χ4v) is 3.97. The molecule has 32 heavy (non-hydrogen) atoms. The van der Waals surface area contributed by atoms with Crippen LogP contribution < -0.4 is 0 Å². The maximum atomic E-state index is 4.61. The van der Waals surface area contributed by atoms with E-state index in [-0.39, 0.29) is 10.8 Å². The first-order valence-corrected chi connectivity index (χ1v) is 11.4. The van der Waals surface area contributed by atoms with Gasteiger partial charge in [0, 0.05) is 11.8 Å². The zero-order chi connectivity index (χ0) is 22.9. The number of pyridine rings is 1. The van der Waals surface area contributed by atoms with Crippen LogP contribution in [0.1, 0.15) is 52.7 Å². The van der Waals surface area contributed by atoms with Gasteiger partial charge in [-0.15, -0.1) is 0 Å². The normalized spacial score (nSPS) is 12.1. The van der Waals surface area contributed by atoms with Gasteiger partial charge in [0.15, 0.2) is 0 Å². The average molecular weight is 420 g/mol. The molecule has 0 spiro atoms. The largest absolute Gasteiger partial charge is 0.256 e. The van der Waals surface area contributed by atoms with Crippen molar-refractivity contribution in [1.82, 2.24) is 4.98 Å². The van der Waals surface area contributed by atoms with Crippen LogP contribution in [0.15, 0.2) is 91.1 Å². The third-order valence-corrected chi connectivity index (χ3v) is 6.06. The number of hydrogen-bond acceptors (Lipinski definition) is 1. The van der Waals surface area contributed by atoms with Crippen molar-refractivity contribution in [2.45, 2.75) is 52.4 Å². The lowest BCUT2D eigenvalue weighted by Gasteiger charge is -2.20. The van der Waals surface area contributed by atoms with Crippen LogP contribution in [0.25, 0.3) is 33.5 Å². The molecular weight excluding hydrogens is 386 g/mol. The molecule has 1 nitrogen and oxygen atoms in total. The van der Waals surface area contributed by atoms with Crippen LogP contribution in [0.3, 0.4) is 0 Å². The van der Waals surface area contributed by atoms with Crippen molar-refractivity contribution in [2.24, 2.45) is 0 Å². The molecule has 1 aromatic heterocycles. The first-order valence-electron chi connectivity index (χ1n) is 11.4. The van der Waals surface area contributed by atoms with Crippen LogP contribution >= 0.6 is 0 Å². The van der Waals surface area contributed by atoms with Gasteiger partial charge in [0.05, 0.1) is 5.69 Å². The first-order chi connectivity index (χ1) is 15.1. The van der Waals surface area contributed by atoms with E-state index in [1.54, 1.807) is 0 Å². The van der Waals surface area contributed by atoms with Crippen molar-refractivity contribution in [2.75, 3.05) is 0 Å². The predicted molar refractivity (Wildman–Crippen MR) is 138 cm³/mol. The summed E-state index contributed by atoms with van der Waals surface area (Å²) >= 11 is 0. The summed E-state index contributed by atoms with van der Waals surface area (Å²) in [6.45, 7) is 13.5. The summed E-state index contributed by atoms with van der Waals surface area (Å²) in [5.41, 5.74) is 9.99. The van der Waals surface area contributed by atoms with E-state index in [1.165, 1.54) is 33.4 Å². The van der Waals surface area contributed by atoms with E-state index >= 15 is 0 Å². The molecule has 0 bridgehead atoms. The molecule has 1 heteroatoms. The number of rotatable bonds is 3. The Hall–Kier alpha value is -3.19. The van der Waals surface area contributed by atoms with Gasteiger partial charge >= 0.3 is 0 Å². The minimum atomic E-state index is 0.147. The molecule has 0 aliphatic carbocycles. The third-order valence-electron chi connectivity index (χ3n) is 6.06. The number of nitrogens with zero attached hydrogens (tertiary/aromatic N) is 1. The topological polar surface area (TPSA) is 12.9 Å². The quantitative estimate of drug-likeness (QED) is 0.324. The second-order valence-corrected chi connectivity index (χ2v) is 10.7. The summed E-state index contributed by atoms with van der Waals surface area (Å²) < 4.78 is 0. The fourth-order valence-electron chi connectivity index (χ4n) is 3.97.